The summed E-state index contributed by atoms with van der Waals surface area (Å²) >= 11 is 6.53. The SMILES string of the molecule is C=CC(=O)N1CCN(c2nc(N3CC(NC)C3)nc3c2CCC(c2c(C)c(Cl)cc(N)c2C=N)C3)CC1. The van der Waals surface area contributed by atoms with Gasteiger partial charge in [-0.2, -0.15) is 4.98 Å². The number of rotatable bonds is 6. The molecule has 196 valence electrons. The van der Waals surface area contributed by atoms with Gasteiger partial charge in [-0.15, -0.1) is 0 Å². The summed E-state index contributed by atoms with van der Waals surface area (Å²) in [4.78, 5) is 28.6. The van der Waals surface area contributed by atoms with E-state index in [1.165, 1.54) is 17.9 Å². The molecule has 1 atom stereocenters. The van der Waals surface area contributed by atoms with Crippen LogP contribution in [0.5, 0.6) is 0 Å². The quantitative estimate of drug-likeness (QED) is 0.303. The number of carbonyl (C=O) groups is 1. The predicted molar refractivity (Wildman–Crippen MR) is 149 cm³/mol. The van der Waals surface area contributed by atoms with E-state index in [9.17, 15) is 4.79 Å². The van der Waals surface area contributed by atoms with E-state index in [0.29, 0.717) is 29.8 Å². The van der Waals surface area contributed by atoms with Crippen LogP contribution in [0.1, 0.15) is 40.3 Å². The van der Waals surface area contributed by atoms with Crippen LogP contribution in [0.3, 0.4) is 0 Å². The van der Waals surface area contributed by atoms with Crippen LogP contribution < -0.4 is 20.9 Å². The largest absolute Gasteiger partial charge is 0.398 e. The molecule has 10 heteroatoms. The molecule has 2 fully saturated rings. The Hall–Kier alpha value is -3.17. The molecule has 1 unspecified atom stereocenters. The summed E-state index contributed by atoms with van der Waals surface area (Å²) in [6, 6.07) is 2.19. The number of benzene rings is 1. The Labute approximate surface area is 223 Å². The minimum Gasteiger partial charge on any atom is -0.398 e. The second kappa shape index (κ2) is 10.3. The van der Waals surface area contributed by atoms with Gasteiger partial charge in [0.25, 0.3) is 0 Å². The molecule has 0 spiro atoms. The third-order valence-electron chi connectivity index (χ3n) is 8.08. The highest BCUT2D eigenvalue weighted by Gasteiger charge is 2.34. The summed E-state index contributed by atoms with van der Waals surface area (Å²) in [5.74, 6) is 1.90. The molecule has 1 aromatic carbocycles. The number of aromatic nitrogens is 2. The first-order valence-electron chi connectivity index (χ1n) is 12.9. The number of nitrogens with zero attached hydrogens (tertiary/aromatic N) is 5. The number of likely N-dealkylation sites (N-methyl/N-ethyl adjacent to an activating group) is 1. The molecule has 0 radical (unpaired) electrons. The van der Waals surface area contributed by atoms with Crippen LogP contribution in [0.2, 0.25) is 5.02 Å². The van der Waals surface area contributed by atoms with Crippen molar-refractivity contribution < 1.29 is 4.79 Å². The number of hydrogen-bond donors (Lipinski definition) is 3. The molecule has 3 heterocycles. The zero-order valence-electron chi connectivity index (χ0n) is 21.6. The van der Waals surface area contributed by atoms with Crippen molar-refractivity contribution in [3.63, 3.8) is 0 Å². The summed E-state index contributed by atoms with van der Waals surface area (Å²) < 4.78 is 0. The van der Waals surface area contributed by atoms with Crippen molar-refractivity contribution in [2.75, 3.05) is 61.8 Å². The highest BCUT2D eigenvalue weighted by atomic mass is 35.5. The van der Waals surface area contributed by atoms with Gasteiger partial charge >= 0.3 is 0 Å². The van der Waals surface area contributed by atoms with Gasteiger partial charge in [0, 0.05) is 73.4 Å². The van der Waals surface area contributed by atoms with Crippen molar-refractivity contribution in [1.29, 1.82) is 5.41 Å². The second-order valence-corrected chi connectivity index (χ2v) is 10.6. The molecule has 1 aromatic heterocycles. The lowest BCUT2D eigenvalue weighted by Gasteiger charge is -2.41. The van der Waals surface area contributed by atoms with E-state index in [2.05, 4.69) is 21.7 Å². The molecule has 9 nitrogen and oxygen atoms in total. The highest BCUT2D eigenvalue weighted by Crippen LogP contribution is 2.41. The first-order valence-corrected chi connectivity index (χ1v) is 13.3. The summed E-state index contributed by atoms with van der Waals surface area (Å²) in [6.45, 7) is 10.1. The summed E-state index contributed by atoms with van der Waals surface area (Å²) in [5, 5.41) is 12.0. The maximum atomic E-state index is 12.1. The average Bonchev–Trinajstić information content (AvgIpc) is 2.88. The standard InChI is InChI=1S/C27H35ClN8O/c1-4-24(37)34-7-9-35(10-8-34)26-19-6-5-17(25-16(2)21(28)12-22(30)20(25)13-29)11-23(19)32-27(33-26)36-14-18(15-36)31-3/h4,12-13,17-18,29,31H,1,5-11,14-15,30H2,2-3H3. The molecule has 5 rings (SSSR count). The van der Waals surface area contributed by atoms with Crippen LogP contribution in [0.15, 0.2) is 18.7 Å². The van der Waals surface area contributed by atoms with Gasteiger partial charge in [0.1, 0.15) is 5.82 Å². The van der Waals surface area contributed by atoms with Crippen molar-refractivity contribution >= 4 is 41.2 Å². The molecule has 1 aliphatic carbocycles. The molecular formula is C27H35ClN8O. The Morgan fingerprint density at radius 2 is 1.97 bits per heavy atom. The lowest BCUT2D eigenvalue weighted by Crippen LogP contribution is -2.58. The van der Waals surface area contributed by atoms with E-state index < -0.39 is 0 Å². The lowest BCUT2D eigenvalue weighted by molar-refractivity contribution is -0.126. The van der Waals surface area contributed by atoms with Crippen LogP contribution in [-0.4, -0.2) is 79.3 Å². The Balaban J connectivity index is 1.50. The Bertz CT molecular complexity index is 1230. The minimum atomic E-state index is -0.0234. The van der Waals surface area contributed by atoms with Crippen molar-refractivity contribution in [2.45, 2.75) is 38.1 Å². The van der Waals surface area contributed by atoms with Gasteiger partial charge in [0.15, 0.2) is 0 Å². The number of nitrogens with one attached hydrogen (secondary N) is 2. The maximum absolute atomic E-state index is 12.1. The average molecular weight is 523 g/mol. The third kappa shape index (κ3) is 4.66. The molecular weight excluding hydrogens is 488 g/mol. The summed E-state index contributed by atoms with van der Waals surface area (Å²) in [7, 11) is 1.98. The van der Waals surface area contributed by atoms with Crippen molar-refractivity contribution in [3.8, 4) is 0 Å². The van der Waals surface area contributed by atoms with E-state index in [4.69, 9.17) is 32.7 Å². The number of nitrogens with two attached hydrogens (primary N) is 1. The van der Waals surface area contributed by atoms with Gasteiger partial charge in [0.2, 0.25) is 11.9 Å². The van der Waals surface area contributed by atoms with Crippen molar-refractivity contribution in [3.05, 3.63) is 51.7 Å². The number of amides is 1. The van der Waals surface area contributed by atoms with Gasteiger partial charge in [-0.1, -0.05) is 18.2 Å². The molecule has 2 aliphatic heterocycles. The van der Waals surface area contributed by atoms with Crippen LogP contribution in [0.25, 0.3) is 0 Å². The van der Waals surface area contributed by atoms with E-state index in [1.54, 1.807) is 6.07 Å². The smallest absolute Gasteiger partial charge is 0.246 e. The van der Waals surface area contributed by atoms with E-state index in [1.807, 2.05) is 18.9 Å². The maximum Gasteiger partial charge on any atom is 0.246 e. The second-order valence-electron chi connectivity index (χ2n) is 10.2. The highest BCUT2D eigenvalue weighted by molar-refractivity contribution is 6.32. The van der Waals surface area contributed by atoms with Gasteiger partial charge in [-0.25, -0.2) is 4.98 Å². The third-order valence-corrected chi connectivity index (χ3v) is 8.47. The lowest BCUT2D eigenvalue weighted by atomic mass is 9.78. The minimum absolute atomic E-state index is 0.0234. The molecule has 2 saturated heterocycles. The zero-order valence-corrected chi connectivity index (χ0v) is 22.3. The number of carbonyl (C=O) groups excluding carboxylic acids is 1. The Kier molecular flexibility index (Phi) is 7.09. The zero-order chi connectivity index (χ0) is 26.3. The fourth-order valence-electron chi connectivity index (χ4n) is 5.82. The number of nitrogen functional groups attached to an aromatic ring is 1. The Morgan fingerprint density at radius 3 is 2.62 bits per heavy atom. The molecule has 37 heavy (non-hydrogen) atoms. The first-order chi connectivity index (χ1) is 17.8. The molecule has 1 amide bonds. The van der Waals surface area contributed by atoms with Crippen LogP contribution >= 0.6 is 11.6 Å². The molecule has 0 saturated carbocycles. The number of piperazine rings is 1. The number of halogens is 1. The number of anilines is 3. The van der Waals surface area contributed by atoms with Gasteiger partial charge < -0.3 is 31.2 Å². The normalized spacial score (nSPS) is 19.9. The fourth-order valence-corrected chi connectivity index (χ4v) is 6.04. The van der Waals surface area contributed by atoms with Crippen LogP contribution in [0, 0.1) is 12.3 Å². The molecule has 4 N–H and O–H groups in total. The topological polar surface area (TPSA) is 114 Å². The first kappa shape index (κ1) is 25.5. The summed E-state index contributed by atoms with van der Waals surface area (Å²) in [5.41, 5.74) is 11.9. The van der Waals surface area contributed by atoms with Crippen molar-refractivity contribution in [1.82, 2.24) is 20.2 Å². The molecule has 0 bridgehead atoms. The van der Waals surface area contributed by atoms with Gasteiger partial charge in [0.05, 0.1) is 5.69 Å². The van der Waals surface area contributed by atoms with E-state index >= 15 is 0 Å². The molecule has 2 aromatic rings. The monoisotopic (exact) mass is 522 g/mol. The number of hydrogen-bond acceptors (Lipinski definition) is 8. The Morgan fingerprint density at radius 1 is 1.24 bits per heavy atom. The van der Waals surface area contributed by atoms with Crippen LogP contribution in [0.4, 0.5) is 17.5 Å². The van der Waals surface area contributed by atoms with E-state index in [0.717, 1.165) is 79.6 Å². The summed E-state index contributed by atoms with van der Waals surface area (Å²) in [6.07, 6.45) is 5.23. The van der Waals surface area contributed by atoms with Gasteiger partial charge in [-0.3, -0.25) is 4.79 Å². The van der Waals surface area contributed by atoms with Crippen LogP contribution in [-0.2, 0) is 17.6 Å². The van der Waals surface area contributed by atoms with Gasteiger partial charge in [-0.05, 0) is 62.4 Å². The molecule has 3 aliphatic rings. The fraction of sp³-hybridized carbons (Fsp3) is 0.481. The predicted octanol–water partition coefficient (Wildman–Crippen LogP) is 2.53. The van der Waals surface area contributed by atoms with E-state index in [-0.39, 0.29) is 11.8 Å². The van der Waals surface area contributed by atoms with Crippen molar-refractivity contribution in [2.24, 2.45) is 0 Å². The number of fused-ring (bicyclic) bond motifs is 1.